The summed E-state index contributed by atoms with van der Waals surface area (Å²) < 4.78 is 4.26. The van der Waals surface area contributed by atoms with E-state index in [9.17, 15) is 14.4 Å². The van der Waals surface area contributed by atoms with E-state index >= 15 is 0 Å². The van der Waals surface area contributed by atoms with E-state index in [1.165, 1.54) is 4.57 Å². The lowest BCUT2D eigenvalue weighted by molar-refractivity contribution is -0.122. The predicted molar refractivity (Wildman–Crippen MR) is 117 cm³/mol. The Morgan fingerprint density at radius 2 is 1.80 bits per heavy atom. The summed E-state index contributed by atoms with van der Waals surface area (Å²) in [6, 6.07) is 9.48. The standard InChI is InChI=1S/C22H29N5O3/c1-5-16(4)24-18(28)13-27-21(29)19-20(23-14-25(19)11-15(2)3)26(22(27)30)12-17-9-7-6-8-10-17/h6-10,14-16H,5,11-13H2,1-4H3,(H,24,28). The van der Waals surface area contributed by atoms with Crippen LogP contribution in [0.1, 0.15) is 39.7 Å². The van der Waals surface area contributed by atoms with Crippen LogP contribution in [0.5, 0.6) is 0 Å². The Morgan fingerprint density at radius 3 is 2.43 bits per heavy atom. The highest BCUT2D eigenvalue weighted by Crippen LogP contribution is 2.11. The van der Waals surface area contributed by atoms with Crippen molar-refractivity contribution < 1.29 is 4.79 Å². The quantitative estimate of drug-likeness (QED) is 0.614. The molecule has 0 saturated heterocycles. The van der Waals surface area contributed by atoms with Crippen LogP contribution in [0.4, 0.5) is 0 Å². The number of carbonyl (C=O) groups excluding carboxylic acids is 1. The smallest absolute Gasteiger partial charge is 0.333 e. The lowest BCUT2D eigenvalue weighted by atomic mass is 10.2. The van der Waals surface area contributed by atoms with Gasteiger partial charge in [0.15, 0.2) is 11.2 Å². The molecule has 0 radical (unpaired) electrons. The van der Waals surface area contributed by atoms with Gasteiger partial charge < -0.3 is 9.88 Å². The van der Waals surface area contributed by atoms with Crippen LogP contribution in [0, 0.1) is 5.92 Å². The van der Waals surface area contributed by atoms with Crippen LogP contribution in [0.25, 0.3) is 11.2 Å². The third kappa shape index (κ3) is 4.53. The third-order valence-electron chi connectivity index (χ3n) is 5.05. The van der Waals surface area contributed by atoms with Crippen molar-refractivity contribution >= 4 is 17.1 Å². The fourth-order valence-electron chi connectivity index (χ4n) is 3.38. The Morgan fingerprint density at radius 1 is 1.10 bits per heavy atom. The van der Waals surface area contributed by atoms with Gasteiger partial charge in [0.1, 0.15) is 6.54 Å². The summed E-state index contributed by atoms with van der Waals surface area (Å²) in [6.07, 6.45) is 2.36. The van der Waals surface area contributed by atoms with Crippen LogP contribution >= 0.6 is 0 Å². The van der Waals surface area contributed by atoms with Crippen LogP contribution in [-0.2, 0) is 24.4 Å². The minimum absolute atomic E-state index is 0.0325. The molecule has 1 N–H and O–H groups in total. The van der Waals surface area contributed by atoms with E-state index < -0.39 is 11.2 Å². The molecule has 0 aliphatic rings. The van der Waals surface area contributed by atoms with Crippen LogP contribution in [0.3, 0.4) is 0 Å². The molecule has 0 fully saturated rings. The van der Waals surface area contributed by atoms with Gasteiger partial charge in [0.05, 0.1) is 12.9 Å². The molecule has 3 rings (SSSR count). The first kappa shape index (κ1) is 21.5. The van der Waals surface area contributed by atoms with Gasteiger partial charge in [-0.1, -0.05) is 51.1 Å². The lowest BCUT2D eigenvalue weighted by Crippen LogP contribution is -2.45. The molecule has 8 nitrogen and oxygen atoms in total. The first-order chi connectivity index (χ1) is 14.3. The lowest BCUT2D eigenvalue weighted by Gasteiger charge is -2.15. The second-order valence-corrected chi connectivity index (χ2v) is 8.09. The van der Waals surface area contributed by atoms with Crippen molar-refractivity contribution in [2.75, 3.05) is 0 Å². The number of imidazole rings is 1. The molecule has 3 aromatic rings. The topological polar surface area (TPSA) is 90.9 Å². The third-order valence-corrected chi connectivity index (χ3v) is 5.05. The molecule has 0 aliphatic heterocycles. The Labute approximate surface area is 175 Å². The van der Waals surface area contributed by atoms with Crippen molar-refractivity contribution in [2.24, 2.45) is 5.92 Å². The summed E-state index contributed by atoms with van der Waals surface area (Å²) in [7, 11) is 0. The zero-order valence-electron chi connectivity index (χ0n) is 18.0. The normalized spacial score (nSPS) is 12.4. The summed E-state index contributed by atoms with van der Waals surface area (Å²) in [5, 5.41) is 2.82. The van der Waals surface area contributed by atoms with Crippen molar-refractivity contribution in [3.8, 4) is 0 Å². The molecular formula is C22H29N5O3. The van der Waals surface area contributed by atoms with Gasteiger partial charge in [-0.3, -0.25) is 14.2 Å². The molecule has 0 bridgehead atoms. The van der Waals surface area contributed by atoms with Crippen molar-refractivity contribution in [3.05, 3.63) is 63.1 Å². The van der Waals surface area contributed by atoms with Gasteiger partial charge in [-0.05, 0) is 24.8 Å². The first-order valence-electron chi connectivity index (χ1n) is 10.3. The minimum Gasteiger partial charge on any atom is -0.352 e. The summed E-state index contributed by atoms with van der Waals surface area (Å²) in [4.78, 5) is 43.3. The van der Waals surface area contributed by atoms with Gasteiger partial charge in [-0.25, -0.2) is 14.3 Å². The number of fused-ring (bicyclic) bond motifs is 1. The summed E-state index contributed by atoms with van der Waals surface area (Å²) in [6.45, 7) is 8.47. The van der Waals surface area contributed by atoms with Gasteiger partial charge in [0, 0.05) is 12.6 Å². The maximum Gasteiger partial charge on any atom is 0.333 e. The molecule has 1 aromatic carbocycles. The Hall–Kier alpha value is -3.16. The van der Waals surface area contributed by atoms with E-state index in [-0.39, 0.29) is 25.0 Å². The van der Waals surface area contributed by atoms with Gasteiger partial charge >= 0.3 is 5.69 Å². The molecule has 1 unspecified atom stereocenters. The number of benzene rings is 1. The van der Waals surface area contributed by atoms with Crippen molar-refractivity contribution in [1.82, 2.24) is 24.0 Å². The number of amides is 1. The number of aromatic nitrogens is 4. The largest absolute Gasteiger partial charge is 0.352 e. The molecule has 1 atom stereocenters. The SMILES string of the molecule is CCC(C)NC(=O)Cn1c(=O)c2c(ncn2CC(C)C)n(Cc2ccccc2)c1=O. The van der Waals surface area contributed by atoms with E-state index in [2.05, 4.69) is 10.3 Å². The number of nitrogens with one attached hydrogen (secondary N) is 1. The zero-order chi connectivity index (χ0) is 21.8. The first-order valence-corrected chi connectivity index (χ1v) is 10.3. The highest BCUT2D eigenvalue weighted by molar-refractivity contribution is 5.77. The van der Waals surface area contributed by atoms with Crippen LogP contribution in [0.2, 0.25) is 0 Å². The number of carbonyl (C=O) groups is 1. The molecule has 30 heavy (non-hydrogen) atoms. The number of hydrogen-bond acceptors (Lipinski definition) is 4. The van der Waals surface area contributed by atoms with E-state index in [1.807, 2.05) is 58.0 Å². The van der Waals surface area contributed by atoms with Crippen LogP contribution < -0.4 is 16.6 Å². The van der Waals surface area contributed by atoms with Crippen molar-refractivity contribution in [3.63, 3.8) is 0 Å². The highest BCUT2D eigenvalue weighted by atomic mass is 16.2. The number of hydrogen-bond donors (Lipinski definition) is 1. The van der Waals surface area contributed by atoms with Crippen LogP contribution in [0.15, 0.2) is 46.2 Å². The molecule has 0 aliphatic carbocycles. The summed E-state index contributed by atoms with van der Waals surface area (Å²) in [5.41, 5.74) is 0.569. The molecule has 8 heteroatoms. The highest BCUT2D eigenvalue weighted by Gasteiger charge is 2.20. The Bertz CT molecular complexity index is 1140. The fraction of sp³-hybridized carbons (Fsp3) is 0.455. The molecule has 160 valence electrons. The molecule has 0 spiro atoms. The monoisotopic (exact) mass is 411 g/mol. The second kappa shape index (κ2) is 9.11. The van der Waals surface area contributed by atoms with Gasteiger partial charge in [-0.15, -0.1) is 0 Å². The molecule has 2 heterocycles. The molecule has 2 aromatic heterocycles. The number of rotatable bonds is 8. The van der Waals surface area contributed by atoms with Crippen molar-refractivity contribution in [1.29, 1.82) is 0 Å². The maximum atomic E-state index is 13.2. The molecule has 0 saturated carbocycles. The number of nitrogens with zero attached hydrogens (tertiary/aromatic N) is 4. The van der Waals surface area contributed by atoms with E-state index in [0.29, 0.717) is 23.6 Å². The van der Waals surface area contributed by atoms with Gasteiger partial charge in [-0.2, -0.15) is 0 Å². The fourth-order valence-corrected chi connectivity index (χ4v) is 3.38. The van der Waals surface area contributed by atoms with E-state index in [4.69, 9.17) is 0 Å². The van der Waals surface area contributed by atoms with Crippen LogP contribution in [-0.4, -0.2) is 30.6 Å². The van der Waals surface area contributed by atoms with E-state index in [1.54, 1.807) is 10.9 Å². The van der Waals surface area contributed by atoms with Gasteiger partial charge in [0.25, 0.3) is 5.56 Å². The summed E-state index contributed by atoms with van der Waals surface area (Å²) in [5.74, 6) is -0.0671. The van der Waals surface area contributed by atoms with E-state index in [0.717, 1.165) is 16.6 Å². The zero-order valence-corrected chi connectivity index (χ0v) is 18.0. The second-order valence-electron chi connectivity index (χ2n) is 8.09. The maximum absolute atomic E-state index is 13.2. The Balaban J connectivity index is 2.15. The van der Waals surface area contributed by atoms with Gasteiger partial charge in [0.2, 0.25) is 5.91 Å². The Kier molecular flexibility index (Phi) is 6.54. The summed E-state index contributed by atoms with van der Waals surface area (Å²) >= 11 is 0. The molecule has 1 amide bonds. The molecular weight excluding hydrogens is 382 g/mol. The predicted octanol–water partition coefficient (Wildman–Crippen LogP) is 1.98. The average molecular weight is 412 g/mol. The minimum atomic E-state index is -0.537. The average Bonchev–Trinajstić information content (AvgIpc) is 3.12. The van der Waals surface area contributed by atoms with Crippen molar-refractivity contribution in [2.45, 2.75) is 59.8 Å².